The number of piperazine rings is 1. The van der Waals surface area contributed by atoms with Gasteiger partial charge in [0.05, 0.1) is 18.7 Å². The maximum atomic E-state index is 12.2. The Morgan fingerprint density at radius 3 is 3.09 bits per heavy atom. The molecule has 2 N–H and O–H groups in total. The Labute approximate surface area is 137 Å². The first kappa shape index (κ1) is 15.4. The van der Waals surface area contributed by atoms with Crippen LogP contribution in [0.5, 0.6) is 0 Å². The second kappa shape index (κ2) is 6.74. The van der Waals surface area contributed by atoms with Crippen molar-refractivity contribution in [2.75, 3.05) is 25.0 Å². The lowest BCUT2D eigenvalue weighted by molar-refractivity contribution is -0.137. The first-order valence-corrected chi connectivity index (χ1v) is 8.18. The number of carbonyl (C=O) groups excluding carboxylic acids is 2. The average Bonchev–Trinajstić information content (AvgIpc) is 2.94. The topological polar surface area (TPSA) is 87.2 Å². The number of carbonyl (C=O) groups is 2. The van der Waals surface area contributed by atoms with Crippen molar-refractivity contribution in [2.24, 2.45) is 0 Å². The maximum Gasteiger partial charge on any atom is 0.239 e. The van der Waals surface area contributed by atoms with Crippen molar-refractivity contribution >= 4 is 34.1 Å². The molecule has 0 atom stereocenters. The number of pyridine rings is 1. The molecule has 0 aromatic carbocycles. The van der Waals surface area contributed by atoms with Gasteiger partial charge in [-0.25, -0.2) is 9.97 Å². The Hall–Kier alpha value is -2.48. The van der Waals surface area contributed by atoms with Crippen LogP contribution in [0.3, 0.4) is 0 Å². The third kappa shape index (κ3) is 4.04. The lowest BCUT2D eigenvalue weighted by Crippen LogP contribution is -2.50. The van der Waals surface area contributed by atoms with Gasteiger partial charge in [0.15, 0.2) is 5.13 Å². The van der Waals surface area contributed by atoms with Crippen LogP contribution in [0.25, 0.3) is 0 Å². The highest BCUT2D eigenvalue weighted by atomic mass is 32.1. The zero-order valence-electron chi connectivity index (χ0n) is 12.7. The molecule has 7 nitrogen and oxygen atoms in total. The van der Waals surface area contributed by atoms with Crippen LogP contribution < -0.4 is 10.6 Å². The van der Waals surface area contributed by atoms with Gasteiger partial charge in [-0.2, -0.15) is 0 Å². The Kier molecular flexibility index (Phi) is 4.52. The van der Waals surface area contributed by atoms with E-state index in [1.54, 1.807) is 4.90 Å². The summed E-state index contributed by atoms with van der Waals surface area (Å²) < 4.78 is 0. The fraction of sp³-hybridized carbons (Fsp3) is 0.333. The monoisotopic (exact) mass is 331 g/mol. The van der Waals surface area contributed by atoms with E-state index in [-0.39, 0.29) is 24.8 Å². The van der Waals surface area contributed by atoms with Crippen LogP contribution in [0.4, 0.5) is 10.9 Å². The predicted molar refractivity (Wildman–Crippen MR) is 87.7 cm³/mol. The van der Waals surface area contributed by atoms with Gasteiger partial charge in [-0.15, -0.1) is 11.3 Å². The van der Waals surface area contributed by atoms with Gasteiger partial charge in [0.25, 0.3) is 0 Å². The van der Waals surface area contributed by atoms with Crippen LogP contribution in [-0.4, -0.2) is 46.3 Å². The highest BCUT2D eigenvalue weighted by Crippen LogP contribution is 2.20. The van der Waals surface area contributed by atoms with Gasteiger partial charge in [-0.3, -0.25) is 9.59 Å². The standard InChI is InChI=1S/C15H17N5O2S/c1-10-3-2-4-12(17-10)19-15-18-11(9-23-15)7-14(22)20-6-5-16-13(21)8-20/h2-4,9H,5-8H2,1H3,(H,16,21)(H,17,18,19). The Bertz CT molecular complexity index is 730. The number of aryl methyl sites for hydroxylation is 1. The average molecular weight is 331 g/mol. The molecule has 2 amide bonds. The molecule has 2 aromatic rings. The van der Waals surface area contributed by atoms with E-state index < -0.39 is 0 Å². The molecule has 1 saturated heterocycles. The smallest absolute Gasteiger partial charge is 0.239 e. The van der Waals surface area contributed by atoms with E-state index in [9.17, 15) is 9.59 Å². The van der Waals surface area contributed by atoms with E-state index in [0.717, 1.165) is 11.5 Å². The van der Waals surface area contributed by atoms with Crippen molar-refractivity contribution in [3.8, 4) is 0 Å². The largest absolute Gasteiger partial charge is 0.353 e. The molecule has 0 bridgehead atoms. The number of nitrogens with zero attached hydrogens (tertiary/aromatic N) is 3. The molecular formula is C15H17N5O2S. The van der Waals surface area contributed by atoms with Gasteiger partial charge in [-0.05, 0) is 19.1 Å². The first-order chi connectivity index (χ1) is 11.1. The normalized spacial score (nSPS) is 14.5. The summed E-state index contributed by atoms with van der Waals surface area (Å²) in [6.45, 7) is 3.10. The number of anilines is 2. The second-order valence-electron chi connectivity index (χ2n) is 5.28. The highest BCUT2D eigenvalue weighted by Gasteiger charge is 2.21. The van der Waals surface area contributed by atoms with Gasteiger partial charge in [0, 0.05) is 24.2 Å². The molecule has 1 aliphatic heterocycles. The summed E-state index contributed by atoms with van der Waals surface area (Å²) in [6.07, 6.45) is 0.201. The Morgan fingerprint density at radius 2 is 2.30 bits per heavy atom. The molecule has 0 spiro atoms. The minimum atomic E-state index is -0.115. The lowest BCUT2D eigenvalue weighted by atomic mass is 10.2. The predicted octanol–water partition coefficient (Wildman–Crippen LogP) is 1.09. The van der Waals surface area contributed by atoms with Crippen LogP contribution >= 0.6 is 11.3 Å². The molecule has 0 unspecified atom stereocenters. The Morgan fingerprint density at radius 1 is 1.43 bits per heavy atom. The summed E-state index contributed by atoms with van der Waals surface area (Å²) in [4.78, 5) is 33.9. The van der Waals surface area contributed by atoms with E-state index in [0.29, 0.717) is 23.9 Å². The van der Waals surface area contributed by atoms with E-state index >= 15 is 0 Å². The zero-order valence-corrected chi connectivity index (χ0v) is 13.5. The molecule has 23 heavy (non-hydrogen) atoms. The third-order valence-electron chi connectivity index (χ3n) is 3.40. The van der Waals surface area contributed by atoms with Crippen molar-refractivity contribution < 1.29 is 9.59 Å². The van der Waals surface area contributed by atoms with Gasteiger partial charge >= 0.3 is 0 Å². The molecule has 0 saturated carbocycles. The van der Waals surface area contributed by atoms with Crippen LogP contribution in [0.2, 0.25) is 0 Å². The number of hydrogen-bond acceptors (Lipinski definition) is 6. The summed E-state index contributed by atoms with van der Waals surface area (Å²) >= 11 is 1.43. The van der Waals surface area contributed by atoms with Crippen molar-refractivity contribution in [1.29, 1.82) is 0 Å². The summed E-state index contributed by atoms with van der Waals surface area (Å²) in [7, 11) is 0. The summed E-state index contributed by atoms with van der Waals surface area (Å²) in [5, 5.41) is 8.38. The zero-order chi connectivity index (χ0) is 16.2. The molecule has 1 aliphatic rings. The number of amides is 2. The van der Waals surface area contributed by atoms with Crippen molar-refractivity contribution in [3.05, 3.63) is 35.0 Å². The van der Waals surface area contributed by atoms with Crippen LogP contribution in [0, 0.1) is 6.92 Å². The molecule has 8 heteroatoms. The molecule has 120 valence electrons. The number of hydrogen-bond donors (Lipinski definition) is 2. The van der Waals surface area contributed by atoms with E-state index in [4.69, 9.17) is 0 Å². The van der Waals surface area contributed by atoms with Gasteiger partial charge in [-0.1, -0.05) is 6.07 Å². The lowest BCUT2D eigenvalue weighted by Gasteiger charge is -2.26. The third-order valence-corrected chi connectivity index (χ3v) is 4.21. The fourth-order valence-corrected chi connectivity index (χ4v) is 3.00. The molecule has 3 rings (SSSR count). The van der Waals surface area contributed by atoms with Crippen molar-refractivity contribution in [2.45, 2.75) is 13.3 Å². The van der Waals surface area contributed by atoms with Crippen molar-refractivity contribution in [3.63, 3.8) is 0 Å². The van der Waals surface area contributed by atoms with E-state index in [2.05, 4.69) is 20.6 Å². The summed E-state index contributed by atoms with van der Waals surface area (Å²) in [5.41, 5.74) is 1.62. The minimum absolute atomic E-state index is 0.0784. The number of rotatable bonds is 4. The summed E-state index contributed by atoms with van der Waals surface area (Å²) in [5.74, 6) is 0.533. The molecule has 0 aliphatic carbocycles. The quantitative estimate of drug-likeness (QED) is 0.876. The summed E-state index contributed by atoms with van der Waals surface area (Å²) in [6, 6.07) is 5.71. The SMILES string of the molecule is Cc1cccc(Nc2nc(CC(=O)N3CCNC(=O)C3)cs2)n1. The minimum Gasteiger partial charge on any atom is -0.353 e. The number of nitrogens with one attached hydrogen (secondary N) is 2. The molecular weight excluding hydrogens is 314 g/mol. The fourth-order valence-electron chi connectivity index (χ4n) is 2.29. The first-order valence-electron chi connectivity index (χ1n) is 7.30. The van der Waals surface area contributed by atoms with Gasteiger partial charge in [0.2, 0.25) is 11.8 Å². The molecule has 1 fully saturated rings. The Balaban J connectivity index is 1.60. The van der Waals surface area contributed by atoms with Gasteiger partial charge in [0.1, 0.15) is 5.82 Å². The number of thiazole rings is 1. The maximum absolute atomic E-state index is 12.2. The molecule has 2 aromatic heterocycles. The van der Waals surface area contributed by atoms with Crippen molar-refractivity contribution in [1.82, 2.24) is 20.2 Å². The molecule has 3 heterocycles. The van der Waals surface area contributed by atoms with Crippen LogP contribution in [-0.2, 0) is 16.0 Å². The van der Waals surface area contributed by atoms with Gasteiger partial charge < -0.3 is 15.5 Å². The molecule has 0 radical (unpaired) electrons. The van der Waals surface area contributed by atoms with E-state index in [1.165, 1.54) is 11.3 Å². The second-order valence-corrected chi connectivity index (χ2v) is 6.13. The highest BCUT2D eigenvalue weighted by molar-refractivity contribution is 7.13. The van der Waals surface area contributed by atoms with E-state index in [1.807, 2.05) is 30.5 Å². The van der Waals surface area contributed by atoms with Crippen LogP contribution in [0.15, 0.2) is 23.6 Å². The van der Waals surface area contributed by atoms with Crippen LogP contribution in [0.1, 0.15) is 11.4 Å². The number of aromatic nitrogens is 2.